The van der Waals surface area contributed by atoms with Gasteiger partial charge in [-0.1, -0.05) is 30.3 Å². The predicted octanol–water partition coefficient (Wildman–Crippen LogP) is 3.15. The van der Waals surface area contributed by atoms with Crippen molar-refractivity contribution in [3.8, 4) is 5.75 Å². The number of methoxy groups -OCH3 is 1. The van der Waals surface area contributed by atoms with E-state index in [0.717, 1.165) is 22.6 Å². The minimum absolute atomic E-state index is 0.749. The second-order valence-corrected chi connectivity index (χ2v) is 3.74. The molecule has 2 aromatic rings. The molecule has 0 aliphatic heterocycles. The van der Waals surface area contributed by atoms with Crippen molar-refractivity contribution in [2.75, 3.05) is 7.11 Å². The summed E-state index contributed by atoms with van der Waals surface area (Å²) in [6.07, 6.45) is 1.96. The average molecular weight is 225 g/mol. The highest BCUT2D eigenvalue weighted by Gasteiger charge is 1.97. The number of benzene rings is 2. The molecule has 0 radical (unpaired) electrons. The summed E-state index contributed by atoms with van der Waals surface area (Å²) in [4.78, 5) is 0. The van der Waals surface area contributed by atoms with Crippen LogP contribution in [0.1, 0.15) is 11.1 Å². The third-order valence-electron chi connectivity index (χ3n) is 2.55. The lowest BCUT2D eigenvalue weighted by atomic mass is 10.1. The Bertz CT molecular complexity index is 500. The van der Waals surface area contributed by atoms with Gasteiger partial charge in [0.2, 0.25) is 0 Å². The Kier molecular flexibility index (Phi) is 3.46. The molecule has 0 saturated heterocycles. The summed E-state index contributed by atoms with van der Waals surface area (Å²) in [5.74, 6) is 0.835. The lowest BCUT2D eigenvalue weighted by molar-refractivity contribution is 0.415. The highest BCUT2D eigenvalue weighted by Crippen LogP contribution is 2.17. The van der Waals surface area contributed by atoms with Gasteiger partial charge in [0.25, 0.3) is 0 Å². The van der Waals surface area contributed by atoms with Crippen LogP contribution in [0.25, 0.3) is 11.8 Å². The standard InChI is InChI=1S/C15H15NO/c1-17-14-9-7-13(8-10-14)15(16)11-12-5-3-2-4-6-12/h2-11H,16H2,1H3. The average Bonchev–Trinajstić information content (AvgIpc) is 2.40. The molecular formula is C15H15NO. The van der Waals surface area contributed by atoms with Crippen molar-refractivity contribution in [2.24, 2.45) is 5.73 Å². The van der Waals surface area contributed by atoms with Gasteiger partial charge in [-0.25, -0.2) is 0 Å². The predicted molar refractivity (Wildman–Crippen MR) is 71.5 cm³/mol. The van der Waals surface area contributed by atoms with Crippen molar-refractivity contribution in [3.63, 3.8) is 0 Å². The molecule has 2 rings (SSSR count). The van der Waals surface area contributed by atoms with Crippen LogP contribution in [0.2, 0.25) is 0 Å². The lowest BCUT2D eigenvalue weighted by Gasteiger charge is -2.04. The molecule has 2 aromatic carbocycles. The van der Waals surface area contributed by atoms with Gasteiger partial charge in [-0.2, -0.15) is 0 Å². The molecule has 0 aliphatic carbocycles. The topological polar surface area (TPSA) is 35.2 Å². The molecular weight excluding hydrogens is 210 g/mol. The lowest BCUT2D eigenvalue weighted by Crippen LogP contribution is -1.96. The molecule has 0 unspecified atom stereocenters. The Balaban J connectivity index is 2.24. The summed E-state index contributed by atoms with van der Waals surface area (Å²) >= 11 is 0. The van der Waals surface area contributed by atoms with Gasteiger partial charge < -0.3 is 10.5 Å². The van der Waals surface area contributed by atoms with E-state index in [2.05, 4.69) is 0 Å². The zero-order chi connectivity index (χ0) is 12.1. The largest absolute Gasteiger partial charge is 0.497 e. The number of rotatable bonds is 3. The second-order valence-electron chi connectivity index (χ2n) is 3.74. The molecule has 0 saturated carbocycles. The maximum atomic E-state index is 6.04. The second kappa shape index (κ2) is 5.21. The van der Waals surface area contributed by atoms with E-state index in [1.807, 2.05) is 60.7 Å². The van der Waals surface area contributed by atoms with E-state index in [1.54, 1.807) is 7.11 Å². The van der Waals surface area contributed by atoms with Crippen molar-refractivity contribution in [1.29, 1.82) is 0 Å². The SMILES string of the molecule is COc1ccc(C(N)=Cc2ccccc2)cc1. The Morgan fingerprint density at radius 1 is 1.00 bits per heavy atom. The van der Waals surface area contributed by atoms with E-state index in [9.17, 15) is 0 Å². The Hall–Kier alpha value is -2.22. The summed E-state index contributed by atoms with van der Waals surface area (Å²) in [6, 6.07) is 17.7. The molecule has 0 aromatic heterocycles. The van der Waals surface area contributed by atoms with Crippen LogP contribution in [0.5, 0.6) is 5.75 Å². The zero-order valence-corrected chi connectivity index (χ0v) is 9.76. The Labute approximate surface area is 101 Å². The minimum Gasteiger partial charge on any atom is -0.497 e. The molecule has 0 atom stereocenters. The molecule has 2 heteroatoms. The van der Waals surface area contributed by atoms with Crippen molar-refractivity contribution in [2.45, 2.75) is 0 Å². The van der Waals surface area contributed by atoms with Gasteiger partial charge in [-0.15, -0.1) is 0 Å². The van der Waals surface area contributed by atoms with E-state index < -0.39 is 0 Å². The van der Waals surface area contributed by atoms with Gasteiger partial charge >= 0.3 is 0 Å². The molecule has 0 spiro atoms. The summed E-state index contributed by atoms with van der Waals surface area (Å²) in [7, 11) is 1.65. The molecule has 17 heavy (non-hydrogen) atoms. The third-order valence-corrected chi connectivity index (χ3v) is 2.55. The summed E-state index contributed by atoms with van der Waals surface area (Å²) in [6.45, 7) is 0. The first-order chi connectivity index (χ1) is 8.29. The zero-order valence-electron chi connectivity index (χ0n) is 9.76. The van der Waals surface area contributed by atoms with Crippen LogP contribution in [0.3, 0.4) is 0 Å². The van der Waals surface area contributed by atoms with E-state index in [1.165, 1.54) is 0 Å². The van der Waals surface area contributed by atoms with Crippen LogP contribution in [0.15, 0.2) is 54.6 Å². The van der Waals surface area contributed by atoms with Gasteiger partial charge in [-0.3, -0.25) is 0 Å². The van der Waals surface area contributed by atoms with E-state index in [-0.39, 0.29) is 0 Å². The maximum absolute atomic E-state index is 6.04. The normalized spacial score (nSPS) is 11.2. The number of nitrogens with two attached hydrogens (primary N) is 1. The molecule has 0 fully saturated rings. The first kappa shape index (κ1) is 11.3. The van der Waals surface area contributed by atoms with Gasteiger partial charge in [0, 0.05) is 5.70 Å². The summed E-state index contributed by atoms with van der Waals surface area (Å²) in [5.41, 5.74) is 8.88. The van der Waals surface area contributed by atoms with Crippen molar-refractivity contribution in [3.05, 3.63) is 65.7 Å². The van der Waals surface area contributed by atoms with E-state index in [0.29, 0.717) is 0 Å². The van der Waals surface area contributed by atoms with E-state index >= 15 is 0 Å². The van der Waals surface area contributed by atoms with Crippen LogP contribution >= 0.6 is 0 Å². The first-order valence-corrected chi connectivity index (χ1v) is 5.46. The van der Waals surface area contributed by atoms with Crippen molar-refractivity contribution in [1.82, 2.24) is 0 Å². The van der Waals surface area contributed by atoms with Gasteiger partial charge in [0.05, 0.1) is 7.11 Å². The summed E-state index contributed by atoms with van der Waals surface area (Å²) < 4.78 is 5.11. The van der Waals surface area contributed by atoms with Crippen LogP contribution in [-0.4, -0.2) is 7.11 Å². The molecule has 0 heterocycles. The van der Waals surface area contributed by atoms with Gasteiger partial charge in [0.15, 0.2) is 0 Å². The van der Waals surface area contributed by atoms with Crippen LogP contribution in [0, 0.1) is 0 Å². The Morgan fingerprint density at radius 2 is 1.65 bits per heavy atom. The van der Waals surface area contributed by atoms with Gasteiger partial charge in [-0.05, 0) is 41.5 Å². The number of hydrogen-bond donors (Lipinski definition) is 1. The van der Waals surface area contributed by atoms with Crippen molar-refractivity contribution < 1.29 is 4.74 Å². The third kappa shape index (κ3) is 2.88. The molecule has 2 nitrogen and oxygen atoms in total. The molecule has 0 amide bonds. The fourth-order valence-electron chi connectivity index (χ4n) is 1.60. The summed E-state index contributed by atoms with van der Waals surface area (Å²) in [5, 5.41) is 0. The highest BCUT2D eigenvalue weighted by atomic mass is 16.5. The quantitative estimate of drug-likeness (QED) is 0.814. The monoisotopic (exact) mass is 225 g/mol. The molecule has 86 valence electrons. The molecule has 2 N–H and O–H groups in total. The number of ether oxygens (including phenoxy) is 1. The maximum Gasteiger partial charge on any atom is 0.118 e. The Morgan fingerprint density at radius 3 is 2.24 bits per heavy atom. The van der Waals surface area contributed by atoms with Crippen molar-refractivity contribution >= 4 is 11.8 Å². The fraction of sp³-hybridized carbons (Fsp3) is 0.0667. The van der Waals surface area contributed by atoms with E-state index in [4.69, 9.17) is 10.5 Å². The van der Waals surface area contributed by atoms with Crippen LogP contribution in [0.4, 0.5) is 0 Å². The fourth-order valence-corrected chi connectivity index (χ4v) is 1.60. The number of hydrogen-bond acceptors (Lipinski definition) is 2. The molecule has 0 bridgehead atoms. The van der Waals surface area contributed by atoms with Crippen LogP contribution < -0.4 is 10.5 Å². The highest BCUT2D eigenvalue weighted by molar-refractivity contribution is 5.79. The van der Waals surface area contributed by atoms with Crippen LogP contribution in [-0.2, 0) is 0 Å². The minimum atomic E-state index is 0.749. The first-order valence-electron chi connectivity index (χ1n) is 5.46. The molecule has 0 aliphatic rings. The smallest absolute Gasteiger partial charge is 0.118 e. The van der Waals surface area contributed by atoms with Gasteiger partial charge in [0.1, 0.15) is 5.75 Å².